The fraction of sp³-hybridized carbons (Fsp3) is 0.231. The summed E-state index contributed by atoms with van der Waals surface area (Å²) in [7, 11) is 1.95. The molecule has 0 radical (unpaired) electrons. The number of hydrogen-bond acceptors (Lipinski definition) is 3. The molecule has 3 N–H and O–H groups in total. The molecule has 2 aromatic rings. The van der Waals surface area contributed by atoms with E-state index in [2.05, 4.69) is 10.3 Å². The van der Waals surface area contributed by atoms with Crippen LogP contribution in [0, 0.1) is 0 Å². The molecule has 0 atom stereocenters. The van der Waals surface area contributed by atoms with Crippen LogP contribution in [0.2, 0.25) is 0 Å². The van der Waals surface area contributed by atoms with E-state index >= 15 is 0 Å². The Hall–Kier alpha value is -2.30. The molecule has 2 rings (SSSR count). The number of amides is 1. The number of pyridine rings is 1. The monoisotopic (exact) mass is 244 g/mol. The van der Waals surface area contributed by atoms with E-state index in [1.54, 1.807) is 18.3 Å². The molecule has 0 bridgehead atoms. The Morgan fingerprint density at radius 1 is 1.44 bits per heavy atom. The van der Waals surface area contributed by atoms with Gasteiger partial charge in [0.15, 0.2) is 0 Å². The minimum atomic E-state index is -0.0453. The van der Waals surface area contributed by atoms with Gasteiger partial charge >= 0.3 is 0 Å². The second-order valence-corrected chi connectivity index (χ2v) is 4.22. The largest absolute Gasteiger partial charge is 0.397 e. The van der Waals surface area contributed by atoms with Gasteiger partial charge in [-0.2, -0.15) is 0 Å². The van der Waals surface area contributed by atoms with E-state index in [9.17, 15) is 4.79 Å². The summed E-state index contributed by atoms with van der Waals surface area (Å²) in [4.78, 5) is 15.8. The average molecular weight is 244 g/mol. The van der Waals surface area contributed by atoms with Crippen LogP contribution in [0.1, 0.15) is 11.3 Å². The molecule has 0 aliphatic rings. The van der Waals surface area contributed by atoms with E-state index in [1.807, 2.05) is 30.1 Å². The Morgan fingerprint density at radius 3 is 2.89 bits per heavy atom. The highest BCUT2D eigenvalue weighted by molar-refractivity contribution is 5.78. The van der Waals surface area contributed by atoms with Gasteiger partial charge in [0.25, 0.3) is 0 Å². The van der Waals surface area contributed by atoms with Crippen LogP contribution in [0.3, 0.4) is 0 Å². The van der Waals surface area contributed by atoms with Crippen molar-refractivity contribution in [2.24, 2.45) is 7.05 Å². The minimum absolute atomic E-state index is 0.0453. The van der Waals surface area contributed by atoms with E-state index in [0.29, 0.717) is 12.2 Å². The summed E-state index contributed by atoms with van der Waals surface area (Å²) in [5, 5.41) is 2.85. The van der Waals surface area contributed by atoms with Gasteiger partial charge in [-0.05, 0) is 23.8 Å². The number of hydrogen-bond donors (Lipinski definition) is 2. The number of rotatable bonds is 4. The van der Waals surface area contributed by atoms with E-state index in [0.717, 1.165) is 11.3 Å². The lowest BCUT2D eigenvalue weighted by Gasteiger charge is -2.03. The predicted molar refractivity (Wildman–Crippen MR) is 69.6 cm³/mol. The van der Waals surface area contributed by atoms with Crippen LogP contribution >= 0.6 is 0 Å². The lowest BCUT2D eigenvalue weighted by atomic mass is 10.2. The van der Waals surface area contributed by atoms with Crippen molar-refractivity contribution < 1.29 is 4.79 Å². The Kier molecular flexibility index (Phi) is 3.62. The van der Waals surface area contributed by atoms with Crippen molar-refractivity contribution in [2.75, 3.05) is 5.73 Å². The van der Waals surface area contributed by atoms with Crippen molar-refractivity contribution >= 4 is 11.6 Å². The molecule has 5 heteroatoms. The Bertz CT molecular complexity index is 530. The molecule has 0 saturated carbocycles. The summed E-state index contributed by atoms with van der Waals surface area (Å²) < 4.78 is 1.95. The van der Waals surface area contributed by atoms with Gasteiger partial charge in [0.05, 0.1) is 18.3 Å². The first kappa shape index (κ1) is 12.2. The number of nitrogens with two attached hydrogens (primary N) is 1. The highest BCUT2D eigenvalue weighted by atomic mass is 16.1. The molecule has 1 amide bonds. The molecule has 0 unspecified atom stereocenters. The van der Waals surface area contributed by atoms with Crippen LogP contribution in [0.15, 0.2) is 36.8 Å². The van der Waals surface area contributed by atoms with Crippen LogP contribution in [-0.4, -0.2) is 15.5 Å². The van der Waals surface area contributed by atoms with Crippen molar-refractivity contribution in [1.82, 2.24) is 14.9 Å². The average Bonchev–Trinajstić information content (AvgIpc) is 2.76. The van der Waals surface area contributed by atoms with Crippen molar-refractivity contribution in [3.8, 4) is 0 Å². The second kappa shape index (κ2) is 5.35. The molecule has 0 fully saturated rings. The molecule has 0 aliphatic carbocycles. The predicted octanol–water partition coefficient (Wildman–Crippen LogP) is 0.861. The van der Waals surface area contributed by atoms with Gasteiger partial charge in [0, 0.05) is 31.7 Å². The molecule has 2 heterocycles. The third-order valence-electron chi connectivity index (χ3n) is 2.57. The zero-order chi connectivity index (χ0) is 13.0. The Labute approximate surface area is 106 Å². The number of nitrogens with one attached hydrogen (secondary N) is 1. The summed E-state index contributed by atoms with van der Waals surface area (Å²) in [5.41, 5.74) is 7.93. The summed E-state index contributed by atoms with van der Waals surface area (Å²) in [6, 6.07) is 5.48. The SMILES string of the molecule is Cn1ccc(CNC(=O)Cc2ccc(N)cn2)c1. The maximum atomic E-state index is 11.7. The van der Waals surface area contributed by atoms with Crippen LogP contribution < -0.4 is 11.1 Å². The maximum absolute atomic E-state index is 11.7. The zero-order valence-electron chi connectivity index (χ0n) is 10.3. The molecule has 0 saturated heterocycles. The molecule has 0 aliphatic heterocycles. The fourth-order valence-corrected chi connectivity index (χ4v) is 1.63. The lowest BCUT2D eigenvalue weighted by Crippen LogP contribution is -2.24. The van der Waals surface area contributed by atoms with Crippen molar-refractivity contribution in [3.63, 3.8) is 0 Å². The molecular formula is C13H16N4O. The Balaban J connectivity index is 1.83. The highest BCUT2D eigenvalue weighted by Gasteiger charge is 2.04. The number of carbonyl (C=O) groups excluding carboxylic acids is 1. The maximum Gasteiger partial charge on any atom is 0.226 e. The lowest BCUT2D eigenvalue weighted by molar-refractivity contribution is -0.120. The molecule has 2 aromatic heterocycles. The standard InChI is InChI=1S/C13H16N4O/c1-17-5-4-10(9-17)7-16-13(18)6-12-3-2-11(14)8-15-12/h2-5,8-9H,6-7,14H2,1H3,(H,16,18). The second-order valence-electron chi connectivity index (χ2n) is 4.22. The Morgan fingerprint density at radius 2 is 2.28 bits per heavy atom. The van der Waals surface area contributed by atoms with Crippen molar-refractivity contribution in [1.29, 1.82) is 0 Å². The topological polar surface area (TPSA) is 72.9 Å². The summed E-state index contributed by atoms with van der Waals surface area (Å²) in [6.45, 7) is 0.536. The zero-order valence-corrected chi connectivity index (χ0v) is 10.3. The molecule has 94 valence electrons. The van der Waals surface area contributed by atoms with Crippen LogP contribution in [0.5, 0.6) is 0 Å². The van der Waals surface area contributed by atoms with Gasteiger partial charge in [-0.3, -0.25) is 9.78 Å². The van der Waals surface area contributed by atoms with Gasteiger partial charge in [-0.1, -0.05) is 0 Å². The van der Waals surface area contributed by atoms with Gasteiger partial charge in [0.2, 0.25) is 5.91 Å². The van der Waals surface area contributed by atoms with Gasteiger partial charge in [-0.15, -0.1) is 0 Å². The quantitative estimate of drug-likeness (QED) is 0.837. The van der Waals surface area contributed by atoms with Crippen LogP contribution in [0.4, 0.5) is 5.69 Å². The van der Waals surface area contributed by atoms with Crippen LogP contribution in [0.25, 0.3) is 0 Å². The third kappa shape index (κ3) is 3.35. The molecular weight excluding hydrogens is 228 g/mol. The number of aryl methyl sites for hydroxylation is 1. The van der Waals surface area contributed by atoms with E-state index in [-0.39, 0.29) is 12.3 Å². The van der Waals surface area contributed by atoms with Gasteiger partial charge in [0.1, 0.15) is 0 Å². The first-order chi connectivity index (χ1) is 8.63. The highest BCUT2D eigenvalue weighted by Crippen LogP contribution is 2.02. The van der Waals surface area contributed by atoms with Gasteiger partial charge in [-0.25, -0.2) is 0 Å². The number of nitrogens with zero attached hydrogens (tertiary/aromatic N) is 2. The smallest absolute Gasteiger partial charge is 0.226 e. The summed E-state index contributed by atoms with van der Waals surface area (Å²) >= 11 is 0. The number of aromatic nitrogens is 2. The van der Waals surface area contributed by atoms with E-state index in [4.69, 9.17) is 5.73 Å². The third-order valence-corrected chi connectivity index (χ3v) is 2.57. The fourth-order valence-electron chi connectivity index (χ4n) is 1.63. The molecule has 0 spiro atoms. The summed E-state index contributed by atoms with van der Waals surface area (Å²) in [5.74, 6) is -0.0453. The van der Waals surface area contributed by atoms with Crippen molar-refractivity contribution in [3.05, 3.63) is 48.0 Å². The molecule has 0 aromatic carbocycles. The van der Waals surface area contributed by atoms with E-state index < -0.39 is 0 Å². The first-order valence-electron chi connectivity index (χ1n) is 5.71. The normalized spacial score (nSPS) is 10.3. The van der Waals surface area contributed by atoms with Crippen LogP contribution in [-0.2, 0) is 24.8 Å². The molecule has 5 nitrogen and oxygen atoms in total. The first-order valence-corrected chi connectivity index (χ1v) is 5.71. The minimum Gasteiger partial charge on any atom is -0.397 e. The number of carbonyl (C=O) groups is 1. The van der Waals surface area contributed by atoms with E-state index in [1.165, 1.54) is 0 Å². The number of anilines is 1. The summed E-state index contributed by atoms with van der Waals surface area (Å²) in [6.07, 6.45) is 5.75. The molecule has 18 heavy (non-hydrogen) atoms. The number of nitrogen functional groups attached to an aromatic ring is 1. The van der Waals surface area contributed by atoms with Gasteiger partial charge < -0.3 is 15.6 Å². The van der Waals surface area contributed by atoms with Crippen molar-refractivity contribution in [2.45, 2.75) is 13.0 Å².